The van der Waals surface area contributed by atoms with Crippen molar-refractivity contribution in [2.45, 2.75) is 52.0 Å². The van der Waals surface area contributed by atoms with Crippen LogP contribution in [0, 0.1) is 0 Å². The molecular weight excluding hydrogens is 252 g/mol. The SMILES string of the molecule is CCCCC(CCC)Nc1ccc(C(=O)N(C)C)nn1. The molecule has 1 atom stereocenters. The summed E-state index contributed by atoms with van der Waals surface area (Å²) in [5.74, 6) is 0.620. The number of unbranched alkanes of at least 4 members (excludes halogenated alkanes) is 1. The first kappa shape index (κ1) is 16.4. The van der Waals surface area contributed by atoms with Crippen molar-refractivity contribution < 1.29 is 4.79 Å². The lowest BCUT2D eigenvalue weighted by atomic mass is 10.1. The predicted octanol–water partition coefficient (Wildman–Crippen LogP) is 2.95. The Labute approximate surface area is 121 Å². The van der Waals surface area contributed by atoms with Gasteiger partial charge in [-0.25, -0.2) is 0 Å². The van der Waals surface area contributed by atoms with Crippen LogP contribution in [0.5, 0.6) is 0 Å². The summed E-state index contributed by atoms with van der Waals surface area (Å²) in [5.41, 5.74) is 0.376. The van der Waals surface area contributed by atoms with Crippen LogP contribution in [-0.2, 0) is 0 Å². The third kappa shape index (κ3) is 5.15. The van der Waals surface area contributed by atoms with Gasteiger partial charge in [0, 0.05) is 20.1 Å². The molecule has 1 aromatic heterocycles. The minimum Gasteiger partial charge on any atom is -0.366 e. The summed E-state index contributed by atoms with van der Waals surface area (Å²) in [5, 5.41) is 11.5. The minimum atomic E-state index is -0.125. The molecule has 1 N–H and O–H groups in total. The van der Waals surface area contributed by atoms with Gasteiger partial charge < -0.3 is 10.2 Å². The zero-order valence-corrected chi connectivity index (χ0v) is 13.0. The van der Waals surface area contributed by atoms with Gasteiger partial charge in [-0.1, -0.05) is 33.1 Å². The maximum atomic E-state index is 11.7. The van der Waals surface area contributed by atoms with Crippen LogP contribution >= 0.6 is 0 Å². The van der Waals surface area contributed by atoms with Crippen molar-refractivity contribution >= 4 is 11.7 Å². The maximum Gasteiger partial charge on any atom is 0.273 e. The van der Waals surface area contributed by atoms with Gasteiger partial charge in [-0.2, -0.15) is 0 Å². The summed E-state index contributed by atoms with van der Waals surface area (Å²) in [6.07, 6.45) is 5.82. The number of aromatic nitrogens is 2. The molecular formula is C15H26N4O. The maximum absolute atomic E-state index is 11.7. The largest absolute Gasteiger partial charge is 0.366 e. The summed E-state index contributed by atoms with van der Waals surface area (Å²) in [7, 11) is 3.41. The van der Waals surface area contributed by atoms with Gasteiger partial charge >= 0.3 is 0 Å². The summed E-state index contributed by atoms with van der Waals surface area (Å²) in [6, 6.07) is 3.99. The highest BCUT2D eigenvalue weighted by Crippen LogP contribution is 2.13. The molecule has 1 heterocycles. The van der Waals surface area contributed by atoms with Crippen molar-refractivity contribution in [3.05, 3.63) is 17.8 Å². The van der Waals surface area contributed by atoms with Crippen LogP contribution in [0.15, 0.2) is 12.1 Å². The van der Waals surface area contributed by atoms with Crippen molar-refractivity contribution in [2.75, 3.05) is 19.4 Å². The molecule has 0 aliphatic rings. The number of amides is 1. The van der Waals surface area contributed by atoms with Gasteiger partial charge in [0.05, 0.1) is 0 Å². The van der Waals surface area contributed by atoms with Crippen molar-refractivity contribution in [3.8, 4) is 0 Å². The zero-order valence-electron chi connectivity index (χ0n) is 13.0. The van der Waals surface area contributed by atoms with Gasteiger partial charge in [0.15, 0.2) is 5.69 Å². The van der Waals surface area contributed by atoms with Crippen LogP contribution in [0.3, 0.4) is 0 Å². The molecule has 0 aliphatic heterocycles. The molecule has 1 unspecified atom stereocenters. The third-order valence-corrected chi connectivity index (χ3v) is 3.19. The average Bonchev–Trinajstić information content (AvgIpc) is 2.45. The number of hydrogen-bond donors (Lipinski definition) is 1. The van der Waals surface area contributed by atoms with Crippen LogP contribution in [0.2, 0.25) is 0 Å². The first-order chi connectivity index (χ1) is 9.58. The summed E-state index contributed by atoms with van der Waals surface area (Å²) in [6.45, 7) is 4.38. The molecule has 0 saturated carbocycles. The Bertz CT molecular complexity index is 403. The Morgan fingerprint density at radius 3 is 2.45 bits per heavy atom. The quantitative estimate of drug-likeness (QED) is 0.794. The molecule has 1 aromatic rings. The normalized spacial score (nSPS) is 12.0. The van der Waals surface area contributed by atoms with E-state index < -0.39 is 0 Å². The molecule has 0 saturated heterocycles. The van der Waals surface area contributed by atoms with Gasteiger partial charge in [0.25, 0.3) is 5.91 Å². The van der Waals surface area contributed by atoms with Gasteiger partial charge in [-0.15, -0.1) is 10.2 Å². The molecule has 20 heavy (non-hydrogen) atoms. The zero-order chi connectivity index (χ0) is 15.0. The molecule has 1 amide bonds. The van der Waals surface area contributed by atoms with E-state index in [9.17, 15) is 4.79 Å². The second kappa shape index (κ2) is 8.51. The number of carbonyl (C=O) groups is 1. The number of nitrogens with zero attached hydrogens (tertiary/aromatic N) is 3. The minimum absolute atomic E-state index is 0.125. The molecule has 5 nitrogen and oxygen atoms in total. The molecule has 0 bridgehead atoms. The van der Waals surface area contributed by atoms with Crippen LogP contribution in [-0.4, -0.2) is 41.1 Å². The highest BCUT2D eigenvalue weighted by molar-refractivity contribution is 5.91. The standard InChI is InChI=1S/C15H26N4O/c1-5-7-9-12(8-6-2)16-14-11-10-13(17-18-14)15(20)19(3)4/h10-12H,5-9H2,1-4H3,(H,16,18). The molecule has 0 spiro atoms. The highest BCUT2D eigenvalue weighted by Gasteiger charge is 2.12. The lowest BCUT2D eigenvalue weighted by molar-refractivity contribution is 0.0821. The van der Waals surface area contributed by atoms with E-state index in [-0.39, 0.29) is 5.91 Å². The fraction of sp³-hybridized carbons (Fsp3) is 0.667. The number of nitrogens with one attached hydrogen (secondary N) is 1. The lowest BCUT2D eigenvalue weighted by Crippen LogP contribution is -2.24. The Hall–Kier alpha value is -1.65. The molecule has 0 aliphatic carbocycles. The average molecular weight is 278 g/mol. The van der Waals surface area contributed by atoms with Crippen molar-refractivity contribution in [3.63, 3.8) is 0 Å². The topological polar surface area (TPSA) is 58.1 Å². The van der Waals surface area contributed by atoms with E-state index in [4.69, 9.17) is 0 Å². The van der Waals surface area contributed by atoms with E-state index in [0.29, 0.717) is 11.7 Å². The Kier molecular flexibility index (Phi) is 6.98. The molecule has 1 rings (SSSR count). The third-order valence-electron chi connectivity index (χ3n) is 3.19. The van der Waals surface area contributed by atoms with Gasteiger partial charge in [0.2, 0.25) is 0 Å². The smallest absolute Gasteiger partial charge is 0.273 e. The van der Waals surface area contributed by atoms with Crippen LogP contribution in [0.4, 0.5) is 5.82 Å². The van der Waals surface area contributed by atoms with Crippen molar-refractivity contribution in [1.82, 2.24) is 15.1 Å². The Morgan fingerprint density at radius 1 is 1.20 bits per heavy atom. The first-order valence-corrected chi connectivity index (χ1v) is 7.40. The summed E-state index contributed by atoms with van der Waals surface area (Å²) >= 11 is 0. The van der Waals surface area contributed by atoms with E-state index in [2.05, 4.69) is 29.4 Å². The second-order valence-electron chi connectivity index (χ2n) is 5.28. The van der Waals surface area contributed by atoms with E-state index in [1.807, 2.05) is 6.07 Å². The fourth-order valence-electron chi connectivity index (χ4n) is 2.05. The predicted molar refractivity (Wildman–Crippen MR) is 81.9 cm³/mol. The monoisotopic (exact) mass is 278 g/mol. The fourth-order valence-corrected chi connectivity index (χ4v) is 2.05. The molecule has 5 heteroatoms. The van der Waals surface area contributed by atoms with E-state index >= 15 is 0 Å². The van der Waals surface area contributed by atoms with Crippen LogP contribution in [0.1, 0.15) is 56.4 Å². The second-order valence-corrected chi connectivity index (χ2v) is 5.28. The van der Waals surface area contributed by atoms with Crippen molar-refractivity contribution in [2.24, 2.45) is 0 Å². The van der Waals surface area contributed by atoms with E-state index in [1.165, 1.54) is 17.7 Å². The lowest BCUT2D eigenvalue weighted by Gasteiger charge is -2.18. The molecule has 0 fully saturated rings. The number of rotatable bonds is 8. The first-order valence-electron chi connectivity index (χ1n) is 7.40. The van der Waals surface area contributed by atoms with Gasteiger partial charge in [-0.3, -0.25) is 4.79 Å². The number of anilines is 1. The Morgan fingerprint density at radius 2 is 1.95 bits per heavy atom. The highest BCUT2D eigenvalue weighted by atomic mass is 16.2. The molecule has 0 radical (unpaired) electrons. The molecule has 112 valence electrons. The number of hydrogen-bond acceptors (Lipinski definition) is 4. The van der Waals surface area contributed by atoms with E-state index in [1.54, 1.807) is 20.2 Å². The summed E-state index contributed by atoms with van der Waals surface area (Å²) < 4.78 is 0. The Balaban J connectivity index is 2.64. The number of carbonyl (C=O) groups excluding carboxylic acids is 1. The van der Waals surface area contributed by atoms with E-state index in [0.717, 1.165) is 25.1 Å². The van der Waals surface area contributed by atoms with Crippen molar-refractivity contribution in [1.29, 1.82) is 0 Å². The van der Waals surface area contributed by atoms with Crippen LogP contribution < -0.4 is 5.32 Å². The molecule has 0 aromatic carbocycles. The van der Waals surface area contributed by atoms with Crippen LogP contribution in [0.25, 0.3) is 0 Å². The van der Waals surface area contributed by atoms with Gasteiger partial charge in [-0.05, 0) is 25.0 Å². The summed E-state index contributed by atoms with van der Waals surface area (Å²) in [4.78, 5) is 13.2. The van der Waals surface area contributed by atoms with Gasteiger partial charge in [0.1, 0.15) is 5.82 Å².